The molecular formula is C18H21N5O3. The van der Waals surface area contributed by atoms with Crippen LogP contribution in [0.5, 0.6) is 0 Å². The zero-order valence-electron chi connectivity index (χ0n) is 15.2. The normalized spacial score (nSPS) is 12.2. The van der Waals surface area contributed by atoms with Gasteiger partial charge in [0.1, 0.15) is 11.8 Å². The largest absolute Gasteiger partial charge is 0.467 e. The zero-order chi connectivity index (χ0) is 18.8. The zero-order valence-corrected chi connectivity index (χ0v) is 15.2. The Morgan fingerprint density at radius 3 is 2.65 bits per heavy atom. The van der Waals surface area contributed by atoms with E-state index in [4.69, 9.17) is 4.42 Å². The van der Waals surface area contributed by atoms with E-state index in [0.717, 1.165) is 17.0 Å². The second-order valence-corrected chi connectivity index (χ2v) is 6.14. The predicted octanol–water partition coefficient (Wildman–Crippen LogP) is 1.73. The third-order valence-electron chi connectivity index (χ3n) is 4.35. The van der Waals surface area contributed by atoms with Crippen LogP contribution in [0.2, 0.25) is 0 Å². The van der Waals surface area contributed by atoms with Crippen LogP contribution in [0.4, 0.5) is 0 Å². The molecule has 3 rings (SSSR count). The number of aryl methyl sites for hydroxylation is 2. The SMILES string of the molecule is Cc1nn(C)c(C)c1-c1ccc(=O)n([C@H](C)C(=O)NCc2ccco2)n1. The number of nitrogens with one attached hydrogen (secondary N) is 1. The number of amides is 1. The third kappa shape index (κ3) is 3.30. The molecule has 3 aromatic heterocycles. The van der Waals surface area contributed by atoms with E-state index >= 15 is 0 Å². The Morgan fingerprint density at radius 2 is 2.04 bits per heavy atom. The van der Waals surface area contributed by atoms with Gasteiger partial charge in [0, 0.05) is 24.4 Å². The fraction of sp³-hybridized carbons (Fsp3) is 0.333. The van der Waals surface area contributed by atoms with Crippen molar-refractivity contribution in [1.29, 1.82) is 0 Å². The second kappa shape index (κ2) is 6.99. The van der Waals surface area contributed by atoms with Crippen LogP contribution in [0.25, 0.3) is 11.3 Å². The van der Waals surface area contributed by atoms with Crippen molar-refractivity contribution in [1.82, 2.24) is 24.9 Å². The van der Waals surface area contributed by atoms with Crippen molar-refractivity contribution in [3.63, 3.8) is 0 Å². The molecule has 1 amide bonds. The van der Waals surface area contributed by atoms with E-state index in [2.05, 4.69) is 15.5 Å². The number of hydrogen-bond acceptors (Lipinski definition) is 5. The first-order valence-electron chi connectivity index (χ1n) is 8.29. The lowest BCUT2D eigenvalue weighted by atomic mass is 10.1. The fourth-order valence-corrected chi connectivity index (χ4v) is 2.83. The van der Waals surface area contributed by atoms with E-state index in [9.17, 15) is 9.59 Å². The van der Waals surface area contributed by atoms with Gasteiger partial charge in [0.15, 0.2) is 0 Å². The van der Waals surface area contributed by atoms with Crippen molar-refractivity contribution in [2.75, 3.05) is 0 Å². The monoisotopic (exact) mass is 355 g/mol. The molecule has 26 heavy (non-hydrogen) atoms. The highest BCUT2D eigenvalue weighted by Crippen LogP contribution is 2.24. The van der Waals surface area contributed by atoms with E-state index in [1.807, 2.05) is 20.9 Å². The molecule has 0 aliphatic carbocycles. The Morgan fingerprint density at radius 1 is 1.27 bits per heavy atom. The number of hydrogen-bond donors (Lipinski definition) is 1. The molecule has 136 valence electrons. The molecule has 3 aromatic rings. The van der Waals surface area contributed by atoms with Gasteiger partial charge < -0.3 is 9.73 Å². The van der Waals surface area contributed by atoms with Crippen LogP contribution in [-0.2, 0) is 18.4 Å². The molecule has 3 heterocycles. The maximum atomic E-state index is 12.4. The summed E-state index contributed by atoms with van der Waals surface area (Å²) in [6, 6.07) is 5.84. The molecule has 8 nitrogen and oxygen atoms in total. The average molecular weight is 355 g/mol. The van der Waals surface area contributed by atoms with Gasteiger partial charge in [-0.15, -0.1) is 0 Å². The summed E-state index contributed by atoms with van der Waals surface area (Å²) in [6.45, 7) is 5.72. The molecule has 0 bridgehead atoms. The van der Waals surface area contributed by atoms with Crippen LogP contribution < -0.4 is 10.9 Å². The lowest BCUT2D eigenvalue weighted by molar-refractivity contribution is -0.124. The van der Waals surface area contributed by atoms with Crippen LogP contribution in [0, 0.1) is 13.8 Å². The Hall–Kier alpha value is -3.16. The van der Waals surface area contributed by atoms with Gasteiger partial charge in [-0.1, -0.05) is 0 Å². The molecule has 0 fully saturated rings. The highest BCUT2D eigenvalue weighted by molar-refractivity contribution is 5.79. The molecule has 8 heteroatoms. The summed E-state index contributed by atoms with van der Waals surface area (Å²) in [5, 5.41) is 11.5. The summed E-state index contributed by atoms with van der Waals surface area (Å²) < 4.78 is 8.15. The van der Waals surface area contributed by atoms with Crippen LogP contribution >= 0.6 is 0 Å². The maximum Gasteiger partial charge on any atom is 0.267 e. The van der Waals surface area contributed by atoms with Gasteiger partial charge in [-0.25, -0.2) is 4.68 Å². The first-order valence-corrected chi connectivity index (χ1v) is 8.29. The Balaban J connectivity index is 1.87. The molecule has 0 aliphatic rings. The molecule has 1 atom stereocenters. The minimum absolute atomic E-state index is 0.255. The standard InChI is InChI=1S/C18H21N5O3/c1-11-17(12(2)22(4)20-11)15-7-8-16(24)23(21-15)13(3)18(25)19-10-14-6-5-9-26-14/h5-9,13H,10H2,1-4H3,(H,19,25)/t13-/m1/s1. The molecule has 1 N–H and O–H groups in total. The first-order chi connectivity index (χ1) is 12.4. The summed E-state index contributed by atoms with van der Waals surface area (Å²) in [5.41, 5.74) is 2.89. The van der Waals surface area contributed by atoms with Crippen molar-refractivity contribution in [2.45, 2.75) is 33.4 Å². The topological polar surface area (TPSA) is 95.0 Å². The number of carbonyl (C=O) groups is 1. The molecule has 0 radical (unpaired) electrons. The summed E-state index contributed by atoms with van der Waals surface area (Å²) >= 11 is 0. The lowest BCUT2D eigenvalue weighted by Crippen LogP contribution is -2.36. The summed E-state index contributed by atoms with van der Waals surface area (Å²) in [5.74, 6) is 0.328. The van der Waals surface area contributed by atoms with Gasteiger partial charge in [0.25, 0.3) is 5.56 Å². The molecule has 0 spiro atoms. The molecule has 0 saturated carbocycles. The Bertz CT molecular complexity index is 985. The number of rotatable bonds is 5. The van der Waals surface area contributed by atoms with Crippen molar-refractivity contribution in [3.05, 3.63) is 58.0 Å². The Kier molecular flexibility index (Phi) is 4.75. The van der Waals surface area contributed by atoms with Crippen LogP contribution in [0.1, 0.15) is 30.1 Å². The van der Waals surface area contributed by atoms with Crippen molar-refractivity contribution in [3.8, 4) is 11.3 Å². The fourth-order valence-electron chi connectivity index (χ4n) is 2.83. The third-order valence-corrected chi connectivity index (χ3v) is 4.35. The van der Waals surface area contributed by atoms with E-state index in [1.165, 1.54) is 10.7 Å². The van der Waals surface area contributed by atoms with Crippen molar-refractivity contribution < 1.29 is 9.21 Å². The highest BCUT2D eigenvalue weighted by atomic mass is 16.3. The lowest BCUT2D eigenvalue weighted by Gasteiger charge is -2.14. The minimum Gasteiger partial charge on any atom is -0.467 e. The van der Waals surface area contributed by atoms with Gasteiger partial charge in [-0.3, -0.25) is 14.3 Å². The summed E-state index contributed by atoms with van der Waals surface area (Å²) in [6.07, 6.45) is 1.54. The predicted molar refractivity (Wildman–Crippen MR) is 95.4 cm³/mol. The maximum absolute atomic E-state index is 12.4. The minimum atomic E-state index is -0.755. The van der Waals surface area contributed by atoms with E-state index in [-0.39, 0.29) is 18.0 Å². The molecule has 0 unspecified atom stereocenters. The number of carbonyl (C=O) groups excluding carboxylic acids is 1. The van der Waals surface area contributed by atoms with Gasteiger partial charge in [0.2, 0.25) is 5.91 Å². The molecule has 0 saturated heterocycles. The highest BCUT2D eigenvalue weighted by Gasteiger charge is 2.20. The Labute approximate surface area is 150 Å². The van der Waals surface area contributed by atoms with Gasteiger partial charge in [-0.05, 0) is 39.0 Å². The number of furan rings is 1. The molecular weight excluding hydrogens is 334 g/mol. The van der Waals surface area contributed by atoms with E-state index in [0.29, 0.717) is 11.5 Å². The number of aromatic nitrogens is 4. The van der Waals surface area contributed by atoms with Crippen LogP contribution in [-0.4, -0.2) is 25.5 Å². The quantitative estimate of drug-likeness (QED) is 0.752. The van der Waals surface area contributed by atoms with Crippen LogP contribution in [0.15, 0.2) is 39.7 Å². The molecule has 0 aliphatic heterocycles. The summed E-state index contributed by atoms with van der Waals surface area (Å²) in [4.78, 5) is 24.6. The second-order valence-electron chi connectivity index (χ2n) is 6.14. The van der Waals surface area contributed by atoms with Gasteiger partial charge in [-0.2, -0.15) is 10.2 Å². The smallest absolute Gasteiger partial charge is 0.267 e. The molecule has 0 aromatic carbocycles. The first kappa shape index (κ1) is 17.7. The van der Waals surface area contributed by atoms with Crippen molar-refractivity contribution >= 4 is 5.91 Å². The van der Waals surface area contributed by atoms with Crippen molar-refractivity contribution in [2.24, 2.45) is 7.05 Å². The summed E-state index contributed by atoms with van der Waals surface area (Å²) in [7, 11) is 1.85. The van der Waals surface area contributed by atoms with Gasteiger partial charge in [0.05, 0.1) is 24.2 Å². The van der Waals surface area contributed by atoms with E-state index in [1.54, 1.807) is 36.1 Å². The van der Waals surface area contributed by atoms with E-state index < -0.39 is 6.04 Å². The average Bonchev–Trinajstić information content (AvgIpc) is 3.21. The number of nitrogens with zero attached hydrogens (tertiary/aromatic N) is 4. The van der Waals surface area contributed by atoms with Crippen LogP contribution in [0.3, 0.4) is 0 Å². The van der Waals surface area contributed by atoms with Gasteiger partial charge >= 0.3 is 0 Å².